The van der Waals surface area contributed by atoms with E-state index >= 15 is 0 Å². The second-order valence-corrected chi connectivity index (χ2v) is 4.32. The first-order valence-corrected chi connectivity index (χ1v) is 5.94. The third-order valence-corrected chi connectivity index (χ3v) is 3.33. The van der Waals surface area contributed by atoms with Gasteiger partial charge in [0.25, 0.3) is 0 Å². The molecule has 0 N–H and O–H groups in total. The van der Waals surface area contributed by atoms with E-state index < -0.39 is 0 Å². The lowest BCUT2D eigenvalue weighted by molar-refractivity contribution is 0.443. The molecule has 1 aliphatic carbocycles. The second-order valence-electron chi connectivity index (χ2n) is 4.05. The van der Waals surface area contributed by atoms with Crippen molar-refractivity contribution < 1.29 is 0 Å². The average molecular weight is 210 g/mol. The van der Waals surface area contributed by atoms with Gasteiger partial charge >= 0.3 is 0 Å². The maximum Gasteiger partial charge on any atom is 0.0647 e. The van der Waals surface area contributed by atoms with Gasteiger partial charge in [0.15, 0.2) is 0 Å². The molecule has 2 rings (SSSR count). The molecule has 1 fully saturated rings. The Bertz CT molecular complexity index is 292. The fourth-order valence-electron chi connectivity index (χ4n) is 2.26. The molecule has 1 aromatic rings. The number of rotatable bonds is 2. The Hall–Kier alpha value is -0.560. The average Bonchev–Trinajstić information content (AvgIpc) is 2.30. The number of aromatic nitrogens is 1. The Morgan fingerprint density at radius 2 is 2.07 bits per heavy atom. The lowest BCUT2D eigenvalue weighted by Crippen LogP contribution is -2.05. The van der Waals surface area contributed by atoms with Gasteiger partial charge in [-0.1, -0.05) is 19.3 Å². The van der Waals surface area contributed by atoms with Crippen molar-refractivity contribution >= 4 is 11.6 Å². The van der Waals surface area contributed by atoms with Gasteiger partial charge in [-0.3, -0.25) is 4.98 Å². The van der Waals surface area contributed by atoms with Crippen LogP contribution in [-0.4, -0.2) is 4.98 Å². The number of halogens is 1. The van der Waals surface area contributed by atoms with Crippen LogP contribution in [0.1, 0.15) is 49.3 Å². The number of hydrogen-bond acceptors (Lipinski definition) is 1. The topological polar surface area (TPSA) is 12.9 Å². The van der Waals surface area contributed by atoms with Gasteiger partial charge in [0.1, 0.15) is 0 Å². The zero-order chi connectivity index (χ0) is 9.80. The molecule has 0 aliphatic heterocycles. The molecule has 1 aliphatic rings. The summed E-state index contributed by atoms with van der Waals surface area (Å²) >= 11 is 5.78. The van der Waals surface area contributed by atoms with Crippen molar-refractivity contribution in [3.05, 3.63) is 29.6 Å². The Morgan fingerprint density at radius 1 is 1.29 bits per heavy atom. The van der Waals surface area contributed by atoms with E-state index in [2.05, 4.69) is 17.1 Å². The lowest BCUT2D eigenvalue weighted by Gasteiger charge is -2.21. The lowest BCUT2D eigenvalue weighted by atomic mass is 9.84. The highest BCUT2D eigenvalue weighted by atomic mass is 35.5. The third kappa shape index (κ3) is 2.27. The highest BCUT2D eigenvalue weighted by molar-refractivity contribution is 6.16. The van der Waals surface area contributed by atoms with Crippen LogP contribution in [0.5, 0.6) is 0 Å². The quantitative estimate of drug-likeness (QED) is 0.674. The van der Waals surface area contributed by atoms with Gasteiger partial charge in [-0.2, -0.15) is 0 Å². The molecule has 0 bridgehead atoms. The van der Waals surface area contributed by atoms with Crippen LogP contribution in [0.4, 0.5) is 0 Å². The van der Waals surface area contributed by atoms with Crippen LogP contribution in [0.25, 0.3) is 0 Å². The summed E-state index contributed by atoms with van der Waals surface area (Å²) in [4.78, 5) is 4.22. The van der Waals surface area contributed by atoms with Gasteiger partial charge in [0.2, 0.25) is 0 Å². The molecule has 0 aromatic carbocycles. The van der Waals surface area contributed by atoms with Gasteiger partial charge in [-0.25, -0.2) is 0 Å². The molecule has 0 amide bonds. The summed E-state index contributed by atoms with van der Waals surface area (Å²) in [5.74, 6) is 1.29. The van der Waals surface area contributed by atoms with Crippen LogP contribution in [0.3, 0.4) is 0 Å². The maximum absolute atomic E-state index is 5.78. The highest BCUT2D eigenvalue weighted by Gasteiger charge is 2.15. The van der Waals surface area contributed by atoms with Crippen molar-refractivity contribution in [1.29, 1.82) is 0 Å². The molecule has 1 saturated carbocycles. The molecule has 1 aromatic heterocycles. The molecular formula is C12H16ClN. The van der Waals surface area contributed by atoms with Crippen molar-refractivity contribution in [2.45, 2.75) is 43.9 Å². The molecule has 0 unspecified atom stereocenters. The summed E-state index contributed by atoms with van der Waals surface area (Å²) in [6.07, 6.45) is 8.73. The van der Waals surface area contributed by atoms with Gasteiger partial charge in [0.05, 0.1) is 11.6 Å². The smallest absolute Gasteiger partial charge is 0.0647 e. The van der Waals surface area contributed by atoms with Crippen molar-refractivity contribution in [1.82, 2.24) is 4.98 Å². The molecule has 1 nitrogen and oxygen atoms in total. The standard InChI is InChI=1S/C12H16ClN/c13-9-12-8-11(6-7-14-12)10-4-2-1-3-5-10/h6-8,10H,1-5,9H2. The maximum atomic E-state index is 5.78. The molecule has 0 atom stereocenters. The van der Waals surface area contributed by atoms with E-state index in [1.807, 2.05) is 6.20 Å². The number of pyridine rings is 1. The van der Waals surface area contributed by atoms with Crippen molar-refractivity contribution in [3.8, 4) is 0 Å². The molecule has 0 spiro atoms. The largest absolute Gasteiger partial charge is 0.260 e. The first-order chi connectivity index (χ1) is 6.90. The van der Waals surface area contributed by atoms with E-state index in [4.69, 9.17) is 11.6 Å². The van der Waals surface area contributed by atoms with E-state index in [0.29, 0.717) is 5.88 Å². The normalized spacial score (nSPS) is 18.4. The summed E-state index contributed by atoms with van der Waals surface area (Å²) < 4.78 is 0. The summed E-state index contributed by atoms with van der Waals surface area (Å²) in [5, 5.41) is 0. The van der Waals surface area contributed by atoms with Crippen LogP contribution in [0.2, 0.25) is 0 Å². The van der Waals surface area contributed by atoms with E-state index in [0.717, 1.165) is 11.6 Å². The van der Waals surface area contributed by atoms with Crippen LogP contribution in [-0.2, 0) is 5.88 Å². The Kier molecular flexibility index (Phi) is 3.41. The van der Waals surface area contributed by atoms with E-state index in [1.54, 1.807) is 0 Å². The van der Waals surface area contributed by atoms with Gasteiger partial charge in [-0.15, -0.1) is 11.6 Å². The zero-order valence-corrected chi connectivity index (χ0v) is 9.13. The molecule has 2 heteroatoms. The number of alkyl halides is 1. The SMILES string of the molecule is ClCc1cc(C2CCCCC2)ccn1. The molecule has 1 heterocycles. The van der Waals surface area contributed by atoms with E-state index in [-0.39, 0.29) is 0 Å². The minimum atomic E-state index is 0.528. The van der Waals surface area contributed by atoms with Crippen molar-refractivity contribution in [2.24, 2.45) is 0 Å². The molecule has 0 radical (unpaired) electrons. The minimum absolute atomic E-state index is 0.528. The van der Waals surface area contributed by atoms with Crippen LogP contribution < -0.4 is 0 Å². The Morgan fingerprint density at radius 3 is 2.79 bits per heavy atom. The predicted molar refractivity (Wildman–Crippen MR) is 59.6 cm³/mol. The van der Waals surface area contributed by atoms with E-state index in [9.17, 15) is 0 Å². The van der Waals surface area contributed by atoms with Crippen LogP contribution in [0.15, 0.2) is 18.3 Å². The van der Waals surface area contributed by atoms with Gasteiger partial charge < -0.3 is 0 Å². The third-order valence-electron chi connectivity index (χ3n) is 3.05. The molecule has 76 valence electrons. The monoisotopic (exact) mass is 209 g/mol. The Balaban J connectivity index is 2.13. The zero-order valence-electron chi connectivity index (χ0n) is 8.38. The van der Waals surface area contributed by atoms with Crippen molar-refractivity contribution in [2.75, 3.05) is 0 Å². The second kappa shape index (κ2) is 4.79. The van der Waals surface area contributed by atoms with Gasteiger partial charge in [-0.05, 0) is 36.5 Å². The summed E-state index contributed by atoms with van der Waals surface area (Å²) in [6, 6.07) is 4.31. The first-order valence-electron chi connectivity index (χ1n) is 5.41. The van der Waals surface area contributed by atoms with Crippen LogP contribution >= 0.6 is 11.6 Å². The van der Waals surface area contributed by atoms with Crippen LogP contribution in [0, 0.1) is 0 Å². The highest BCUT2D eigenvalue weighted by Crippen LogP contribution is 2.32. The predicted octanol–water partition coefficient (Wildman–Crippen LogP) is 3.87. The van der Waals surface area contributed by atoms with Gasteiger partial charge in [0, 0.05) is 6.20 Å². The number of nitrogens with zero attached hydrogens (tertiary/aromatic N) is 1. The van der Waals surface area contributed by atoms with Crippen molar-refractivity contribution in [3.63, 3.8) is 0 Å². The summed E-state index contributed by atoms with van der Waals surface area (Å²) in [7, 11) is 0. The fraction of sp³-hybridized carbons (Fsp3) is 0.583. The fourth-order valence-corrected chi connectivity index (χ4v) is 2.41. The Labute approximate surface area is 90.5 Å². The van der Waals surface area contributed by atoms with E-state index in [1.165, 1.54) is 37.7 Å². The minimum Gasteiger partial charge on any atom is -0.260 e. The summed E-state index contributed by atoms with van der Waals surface area (Å²) in [6.45, 7) is 0. The summed E-state index contributed by atoms with van der Waals surface area (Å²) in [5.41, 5.74) is 2.45. The molecular weight excluding hydrogens is 194 g/mol. The molecule has 14 heavy (non-hydrogen) atoms. The molecule has 0 saturated heterocycles. The number of hydrogen-bond donors (Lipinski definition) is 0. The first kappa shape index (κ1) is 9.97.